The van der Waals surface area contributed by atoms with Gasteiger partial charge in [0, 0.05) is 23.5 Å². The number of aromatic hydroxyl groups is 1. The first-order chi connectivity index (χ1) is 12.7. The van der Waals surface area contributed by atoms with Crippen LogP contribution in [0.4, 0.5) is 5.69 Å². The number of nitrogens with zero attached hydrogens (tertiary/aromatic N) is 1. The molecule has 0 aromatic heterocycles. The molecule has 26 heavy (non-hydrogen) atoms. The number of phenolic OH excluding ortho intramolecular Hbond substituents is 1. The van der Waals surface area contributed by atoms with E-state index in [4.69, 9.17) is 4.74 Å². The SMILES string of the molecule is COc1cc(/C=C/C(=O)c2ccc(NC3=NCCCS3)cc2)ccc1O. The average molecular weight is 368 g/mol. The van der Waals surface area contributed by atoms with Gasteiger partial charge in [-0.3, -0.25) is 9.79 Å². The number of carbonyl (C=O) groups is 1. The second-order valence-corrected chi connectivity index (χ2v) is 6.80. The van der Waals surface area contributed by atoms with Gasteiger partial charge in [-0.2, -0.15) is 0 Å². The van der Waals surface area contributed by atoms with Crippen LogP contribution in [0.1, 0.15) is 22.3 Å². The fourth-order valence-electron chi connectivity index (χ4n) is 2.44. The summed E-state index contributed by atoms with van der Waals surface area (Å²) in [6.07, 6.45) is 4.32. The molecule has 134 valence electrons. The van der Waals surface area contributed by atoms with Gasteiger partial charge in [-0.1, -0.05) is 23.9 Å². The Kier molecular flexibility index (Phi) is 5.96. The molecule has 1 heterocycles. The van der Waals surface area contributed by atoms with Gasteiger partial charge in [0.25, 0.3) is 0 Å². The first-order valence-electron chi connectivity index (χ1n) is 8.29. The van der Waals surface area contributed by atoms with Crippen molar-refractivity contribution in [1.82, 2.24) is 0 Å². The summed E-state index contributed by atoms with van der Waals surface area (Å²) < 4.78 is 5.07. The van der Waals surface area contributed by atoms with Crippen LogP contribution in [0.25, 0.3) is 6.08 Å². The van der Waals surface area contributed by atoms with E-state index in [2.05, 4.69) is 10.3 Å². The number of allylic oxidation sites excluding steroid dienone is 1. The Labute approximate surface area is 156 Å². The molecule has 0 saturated heterocycles. The van der Waals surface area contributed by atoms with Crippen molar-refractivity contribution in [1.29, 1.82) is 0 Å². The lowest BCUT2D eigenvalue weighted by molar-refractivity contribution is 0.104. The Bertz CT molecular complexity index is 845. The minimum Gasteiger partial charge on any atom is -0.504 e. The van der Waals surface area contributed by atoms with E-state index in [1.807, 2.05) is 12.1 Å². The van der Waals surface area contributed by atoms with Crippen LogP contribution in [-0.2, 0) is 0 Å². The number of rotatable bonds is 5. The molecule has 0 amide bonds. The summed E-state index contributed by atoms with van der Waals surface area (Å²) in [7, 11) is 1.49. The van der Waals surface area contributed by atoms with Crippen molar-refractivity contribution in [3.8, 4) is 11.5 Å². The quantitative estimate of drug-likeness (QED) is 0.611. The van der Waals surface area contributed by atoms with E-state index in [1.165, 1.54) is 19.3 Å². The summed E-state index contributed by atoms with van der Waals surface area (Å²) in [5.74, 6) is 1.43. The molecule has 0 atom stereocenters. The number of hydrogen-bond acceptors (Lipinski definition) is 6. The number of carbonyl (C=O) groups excluding carboxylic acids is 1. The van der Waals surface area contributed by atoms with Crippen molar-refractivity contribution in [3.63, 3.8) is 0 Å². The molecular formula is C20H20N2O3S. The maximum atomic E-state index is 12.3. The van der Waals surface area contributed by atoms with Crippen molar-refractivity contribution in [2.24, 2.45) is 4.99 Å². The number of phenols is 1. The van der Waals surface area contributed by atoms with Crippen LogP contribution in [0, 0.1) is 0 Å². The highest BCUT2D eigenvalue weighted by Crippen LogP contribution is 2.26. The van der Waals surface area contributed by atoms with E-state index in [0.29, 0.717) is 11.3 Å². The molecular weight excluding hydrogens is 348 g/mol. The topological polar surface area (TPSA) is 70.9 Å². The first kappa shape index (κ1) is 18.1. The zero-order chi connectivity index (χ0) is 18.4. The van der Waals surface area contributed by atoms with Gasteiger partial charge in [0.2, 0.25) is 0 Å². The maximum Gasteiger partial charge on any atom is 0.185 e. The molecule has 2 aromatic rings. The highest BCUT2D eigenvalue weighted by Gasteiger charge is 2.07. The number of methoxy groups -OCH3 is 1. The van der Waals surface area contributed by atoms with Crippen LogP contribution >= 0.6 is 11.8 Å². The number of hydrogen-bond donors (Lipinski definition) is 2. The number of nitrogens with one attached hydrogen (secondary N) is 1. The first-order valence-corrected chi connectivity index (χ1v) is 9.28. The minimum absolute atomic E-state index is 0.0693. The van der Waals surface area contributed by atoms with Crippen molar-refractivity contribution in [2.75, 3.05) is 24.7 Å². The summed E-state index contributed by atoms with van der Waals surface area (Å²) in [5.41, 5.74) is 2.30. The van der Waals surface area contributed by atoms with Gasteiger partial charge in [0.05, 0.1) is 7.11 Å². The zero-order valence-electron chi connectivity index (χ0n) is 14.4. The molecule has 0 saturated carbocycles. The monoisotopic (exact) mass is 368 g/mol. The van der Waals surface area contributed by atoms with Crippen LogP contribution in [-0.4, -0.2) is 35.5 Å². The van der Waals surface area contributed by atoms with E-state index in [1.54, 1.807) is 42.1 Å². The minimum atomic E-state index is -0.0898. The molecule has 2 N–H and O–H groups in total. The lowest BCUT2D eigenvalue weighted by atomic mass is 10.1. The van der Waals surface area contributed by atoms with E-state index in [9.17, 15) is 9.90 Å². The number of aliphatic imine (C=N–C) groups is 1. The Balaban J connectivity index is 1.65. The van der Waals surface area contributed by atoms with Crippen LogP contribution < -0.4 is 10.1 Å². The predicted octanol–water partition coefficient (Wildman–Crippen LogP) is 4.20. The van der Waals surface area contributed by atoms with Crippen molar-refractivity contribution >= 4 is 34.5 Å². The van der Waals surface area contributed by atoms with Crippen LogP contribution in [0.15, 0.2) is 53.5 Å². The number of thioether (sulfide) groups is 1. The molecule has 5 nitrogen and oxygen atoms in total. The number of ether oxygens (including phenoxy) is 1. The Hall–Kier alpha value is -2.73. The van der Waals surface area contributed by atoms with E-state index in [0.717, 1.165) is 35.1 Å². The van der Waals surface area contributed by atoms with Gasteiger partial charge >= 0.3 is 0 Å². The Morgan fingerprint density at radius 1 is 1.27 bits per heavy atom. The normalized spacial score (nSPS) is 14.1. The third-order valence-corrected chi connectivity index (χ3v) is 4.85. The Morgan fingerprint density at radius 2 is 2.08 bits per heavy atom. The smallest absolute Gasteiger partial charge is 0.185 e. The molecule has 0 spiro atoms. The van der Waals surface area contributed by atoms with E-state index < -0.39 is 0 Å². The maximum absolute atomic E-state index is 12.3. The number of benzene rings is 2. The fourth-order valence-corrected chi connectivity index (χ4v) is 3.28. The molecule has 0 aliphatic carbocycles. The van der Waals surface area contributed by atoms with Gasteiger partial charge < -0.3 is 15.2 Å². The molecule has 6 heteroatoms. The lowest BCUT2D eigenvalue weighted by Gasteiger charge is -2.13. The van der Waals surface area contributed by atoms with Gasteiger partial charge in [0.1, 0.15) is 0 Å². The highest BCUT2D eigenvalue weighted by molar-refractivity contribution is 8.14. The van der Waals surface area contributed by atoms with Crippen LogP contribution in [0.2, 0.25) is 0 Å². The second-order valence-electron chi connectivity index (χ2n) is 5.72. The molecule has 0 unspecified atom stereocenters. The second kappa shape index (κ2) is 8.58. The predicted molar refractivity (Wildman–Crippen MR) is 107 cm³/mol. The lowest BCUT2D eigenvalue weighted by Crippen LogP contribution is -2.13. The molecule has 1 aliphatic rings. The average Bonchev–Trinajstić information content (AvgIpc) is 2.68. The summed E-state index contributed by atoms with van der Waals surface area (Å²) >= 11 is 1.71. The highest BCUT2D eigenvalue weighted by atomic mass is 32.2. The molecule has 0 fully saturated rings. The number of anilines is 1. The van der Waals surface area contributed by atoms with E-state index in [-0.39, 0.29) is 11.5 Å². The van der Waals surface area contributed by atoms with Gasteiger partial charge in [0.15, 0.2) is 22.4 Å². The largest absolute Gasteiger partial charge is 0.504 e. The molecule has 0 bridgehead atoms. The summed E-state index contributed by atoms with van der Waals surface area (Å²) in [4.78, 5) is 16.8. The van der Waals surface area contributed by atoms with Crippen molar-refractivity contribution < 1.29 is 14.6 Å². The van der Waals surface area contributed by atoms with Gasteiger partial charge in [-0.15, -0.1) is 0 Å². The van der Waals surface area contributed by atoms with Crippen molar-refractivity contribution in [3.05, 3.63) is 59.7 Å². The number of amidine groups is 1. The summed E-state index contributed by atoms with van der Waals surface area (Å²) in [5, 5.41) is 13.8. The third kappa shape index (κ3) is 4.67. The number of ketones is 1. The fraction of sp³-hybridized carbons (Fsp3) is 0.200. The molecule has 2 aromatic carbocycles. The summed E-state index contributed by atoms with van der Waals surface area (Å²) in [6, 6.07) is 12.3. The molecule has 1 aliphatic heterocycles. The molecule has 3 rings (SSSR count). The summed E-state index contributed by atoms with van der Waals surface area (Å²) in [6.45, 7) is 0.860. The third-order valence-electron chi connectivity index (χ3n) is 3.85. The van der Waals surface area contributed by atoms with Crippen molar-refractivity contribution in [2.45, 2.75) is 6.42 Å². The zero-order valence-corrected chi connectivity index (χ0v) is 15.3. The van der Waals surface area contributed by atoms with Crippen LogP contribution in [0.5, 0.6) is 11.5 Å². The van der Waals surface area contributed by atoms with Gasteiger partial charge in [-0.05, 0) is 54.5 Å². The standard InChI is InChI=1S/C20H20N2O3S/c1-25-19-13-14(4-10-18(19)24)3-9-17(23)15-5-7-16(8-6-15)22-20-21-11-2-12-26-20/h3-10,13,24H,2,11-12H2,1H3,(H,21,22)/b9-3+. The Morgan fingerprint density at radius 3 is 2.77 bits per heavy atom. The van der Waals surface area contributed by atoms with Gasteiger partial charge in [-0.25, -0.2) is 0 Å². The van der Waals surface area contributed by atoms with Crippen LogP contribution in [0.3, 0.4) is 0 Å². The van der Waals surface area contributed by atoms with E-state index >= 15 is 0 Å². The molecule has 0 radical (unpaired) electrons.